The molecule has 2 N–H and O–H groups in total. The molecule has 0 aliphatic carbocycles. The highest BCUT2D eigenvalue weighted by molar-refractivity contribution is 7.80. The number of unbranched alkanes of at least 4 members (excludes halogenated alkanes) is 3. The van der Waals surface area contributed by atoms with Crippen LogP contribution < -0.4 is 5.73 Å². The van der Waals surface area contributed by atoms with Crippen molar-refractivity contribution in [3.8, 4) is 0 Å². The maximum absolute atomic E-state index is 11.7. The lowest BCUT2D eigenvalue weighted by Crippen LogP contribution is -2.36. The van der Waals surface area contributed by atoms with Crippen molar-refractivity contribution in [2.45, 2.75) is 39.0 Å². The average Bonchev–Trinajstić information content (AvgIpc) is 2.28. The molecule has 0 aromatic rings. The van der Waals surface area contributed by atoms with Crippen LogP contribution in [0.3, 0.4) is 0 Å². The SMILES string of the molecule is CCCCCCN(CCC(N)=S)C(=O)COC. The van der Waals surface area contributed by atoms with Crippen LogP contribution in [0.5, 0.6) is 0 Å². The van der Waals surface area contributed by atoms with Crippen molar-refractivity contribution in [1.82, 2.24) is 4.90 Å². The molecule has 4 nitrogen and oxygen atoms in total. The largest absolute Gasteiger partial charge is 0.393 e. The molecule has 0 bridgehead atoms. The standard InChI is InChI=1S/C12H24N2O2S/c1-3-4-5-6-8-14(9-7-11(13)17)12(15)10-16-2/h3-10H2,1-2H3,(H2,13,17). The summed E-state index contributed by atoms with van der Waals surface area (Å²) in [6.45, 7) is 3.67. The van der Waals surface area contributed by atoms with Gasteiger partial charge in [0.2, 0.25) is 5.91 Å². The Balaban J connectivity index is 4.00. The second kappa shape index (κ2) is 10.5. The van der Waals surface area contributed by atoms with E-state index in [1.807, 2.05) is 0 Å². The summed E-state index contributed by atoms with van der Waals surface area (Å²) < 4.78 is 4.86. The number of hydrogen-bond acceptors (Lipinski definition) is 3. The van der Waals surface area contributed by atoms with Crippen molar-refractivity contribution in [3.63, 3.8) is 0 Å². The zero-order chi connectivity index (χ0) is 13.1. The number of methoxy groups -OCH3 is 1. The van der Waals surface area contributed by atoms with Crippen molar-refractivity contribution in [3.05, 3.63) is 0 Å². The van der Waals surface area contributed by atoms with E-state index < -0.39 is 0 Å². The molecule has 0 unspecified atom stereocenters. The minimum atomic E-state index is 0.0141. The lowest BCUT2D eigenvalue weighted by atomic mass is 10.2. The van der Waals surface area contributed by atoms with Gasteiger partial charge in [0.05, 0.1) is 4.99 Å². The van der Waals surface area contributed by atoms with Crippen LogP contribution in [0.2, 0.25) is 0 Å². The van der Waals surface area contributed by atoms with Crippen LogP contribution >= 0.6 is 12.2 Å². The summed E-state index contributed by atoms with van der Waals surface area (Å²) in [5.41, 5.74) is 5.45. The predicted molar refractivity (Wildman–Crippen MR) is 74.0 cm³/mol. The Labute approximate surface area is 109 Å². The average molecular weight is 260 g/mol. The van der Waals surface area contributed by atoms with Gasteiger partial charge in [-0.3, -0.25) is 4.79 Å². The van der Waals surface area contributed by atoms with Gasteiger partial charge in [-0.1, -0.05) is 38.4 Å². The van der Waals surface area contributed by atoms with E-state index >= 15 is 0 Å². The van der Waals surface area contributed by atoms with Crippen LogP contribution in [0, 0.1) is 0 Å². The normalized spacial score (nSPS) is 10.2. The molecule has 0 fully saturated rings. The summed E-state index contributed by atoms with van der Waals surface area (Å²) in [6, 6.07) is 0. The van der Waals surface area contributed by atoms with Gasteiger partial charge < -0.3 is 15.4 Å². The summed E-state index contributed by atoms with van der Waals surface area (Å²) >= 11 is 4.83. The Morgan fingerprint density at radius 3 is 2.53 bits per heavy atom. The molecule has 0 saturated carbocycles. The van der Waals surface area contributed by atoms with Crippen LogP contribution in [0.1, 0.15) is 39.0 Å². The second-order valence-corrected chi connectivity index (χ2v) is 4.62. The fraction of sp³-hybridized carbons (Fsp3) is 0.833. The predicted octanol–water partition coefficient (Wildman–Crippen LogP) is 1.72. The van der Waals surface area contributed by atoms with Crippen LogP contribution in [0.25, 0.3) is 0 Å². The molecule has 100 valence electrons. The van der Waals surface area contributed by atoms with Gasteiger partial charge in [0.25, 0.3) is 0 Å². The van der Waals surface area contributed by atoms with E-state index in [9.17, 15) is 4.79 Å². The molecule has 0 aromatic carbocycles. The van der Waals surface area contributed by atoms with Crippen molar-refractivity contribution >= 4 is 23.1 Å². The molecule has 0 radical (unpaired) electrons. The first-order chi connectivity index (χ1) is 8.11. The van der Waals surface area contributed by atoms with Crippen LogP contribution in [0.15, 0.2) is 0 Å². The number of hydrogen-bond donors (Lipinski definition) is 1. The topological polar surface area (TPSA) is 55.6 Å². The highest BCUT2D eigenvalue weighted by Crippen LogP contribution is 2.03. The summed E-state index contributed by atoms with van der Waals surface area (Å²) in [5.74, 6) is 0.0141. The van der Waals surface area contributed by atoms with Crippen LogP contribution in [-0.4, -0.2) is 42.6 Å². The molecule has 0 rings (SSSR count). The van der Waals surface area contributed by atoms with E-state index in [4.69, 9.17) is 22.7 Å². The number of ether oxygens (including phenoxy) is 1. The first kappa shape index (κ1) is 16.3. The molecule has 0 atom stereocenters. The number of thiocarbonyl (C=S) groups is 1. The minimum Gasteiger partial charge on any atom is -0.393 e. The maximum atomic E-state index is 11.7. The van der Waals surface area contributed by atoms with Gasteiger partial charge in [0, 0.05) is 26.6 Å². The van der Waals surface area contributed by atoms with Gasteiger partial charge in [0.1, 0.15) is 6.61 Å². The molecule has 1 amide bonds. The Morgan fingerprint density at radius 1 is 1.29 bits per heavy atom. The summed E-state index contributed by atoms with van der Waals surface area (Å²) in [6.07, 6.45) is 5.17. The number of amides is 1. The summed E-state index contributed by atoms with van der Waals surface area (Å²) in [4.78, 5) is 14.0. The molecule has 0 aliphatic rings. The van der Waals surface area contributed by atoms with E-state index in [2.05, 4.69) is 6.92 Å². The van der Waals surface area contributed by atoms with Gasteiger partial charge in [0.15, 0.2) is 0 Å². The molecular weight excluding hydrogens is 236 g/mol. The van der Waals surface area contributed by atoms with Crippen molar-refractivity contribution in [2.75, 3.05) is 26.8 Å². The third-order valence-electron chi connectivity index (χ3n) is 2.53. The fourth-order valence-electron chi connectivity index (χ4n) is 1.55. The second-order valence-electron chi connectivity index (χ2n) is 4.09. The van der Waals surface area contributed by atoms with E-state index in [1.54, 1.807) is 4.90 Å². The molecule has 0 aromatic heterocycles. The van der Waals surface area contributed by atoms with Gasteiger partial charge in [-0.15, -0.1) is 0 Å². The van der Waals surface area contributed by atoms with E-state index in [-0.39, 0.29) is 12.5 Å². The smallest absolute Gasteiger partial charge is 0.248 e. The van der Waals surface area contributed by atoms with Gasteiger partial charge in [-0.2, -0.15) is 0 Å². The Kier molecular flexibility index (Phi) is 10.1. The third kappa shape index (κ3) is 9.06. The zero-order valence-corrected chi connectivity index (χ0v) is 11.7. The van der Waals surface area contributed by atoms with Crippen LogP contribution in [-0.2, 0) is 9.53 Å². The van der Waals surface area contributed by atoms with Crippen molar-refractivity contribution in [2.24, 2.45) is 5.73 Å². The molecule has 0 saturated heterocycles. The highest BCUT2D eigenvalue weighted by atomic mass is 32.1. The summed E-state index contributed by atoms with van der Waals surface area (Å²) in [7, 11) is 1.53. The molecule has 0 heterocycles. The highest BCUT2D eigenvalue weighted by Gasteiger charge is 2.12. The number of carbonyl (C=O) groups is 1. The monoisotopic (exact) mass is 260 g/mol. The molecule has 0 aliphatic heterocycles. The fourth-order valence-corrected chi connectivity index (χ4v) is 1.64. The lowest BCUT2D eigenvalue weighted by molar-refractivity contribution is -0.135. The summed E-state index contributed by atoms with van der Waals surface area (Å²) in [5, 5.41) is 0. The molecule has 0 spiro atoms. The van der Waals surface area contributed by atoms with E-state index in [0.717, 1.165) is 19.4 Å². The van der Waals surface area contributed by atoms with Crippen LogP contribution in [0.4, 0.5) is 0 Å². The van der Waals surface area contributed by atoms with E-state index in [1.165, 1.54) is 20.0 Å². The van der Waals surface area contributed by atoms with E-state index in [0.29, 0.717) is 18.0 Å². The van der Waals surface area contributed by atoms with Gasteiger partial charge >= 0.3 is 0 Å². The van der Waals surface area contributed by atoms with Crippen molar-refractivity contribution in [1.29, 1.82) is 0 Å². The lowest BCUT2D eigenvalue weighted by Gasteiger charge is -2.22. The number of rotatable bonds is 10. The molecule has 5 heteroatoms. The first-order valence-electron chi connectivity index (χ1n) is 6.16. The Bertz CT molecular complexity index is 235. The van der Waals surface area contributed by atoms with Gasteiger partial charge in [-0.25, -0.2) is 0 Å². The van der Waals surface area contributed by atoms with Gasteiger partial charge in [-0.05, 0) is 6.42 Å². The molecular formula is C12H24N2O2S. The third-order valence-corrected chi connectivity index (χ3v) is 2.73. The Morgan fingerprint density at radius 2 is 2.00 bits per heavy atom. The number of nitrogens with zero attached hydrogens (tertiary/aromatic N) is 1. The first-order valence-corrected chi connectivity index (χ1v) is 6.57. The maximum Gasteiger partial charge on any atom is 0.248 e. The number of carbonyl (C=O) groups excluding carboxylic acids is 1. The number of nitrogens with two attached hydrogens (primary N) is 1. The zero-order valence-electron chi connectivity index (χ0n) is 10.9. The molecule has 17 heavy (non-hydrogen) atoms. The quantitative estimate of drug-likeness (QED) is 0.480. The minimum absolute atomic E-state index is 0.0141. The Hall–Kier alpha value is -0.680. The van der Waals surface area contributed by atoms with Crippen molar-refractivity contribution < 1.29 is 9.53 Å².